The van der Waals surface area contributed by atoms with E-state index in [0.29, 0.717) is 18.0 Å². The predicted octanol–water partition coefficient (Wildman–Crippen LogP) is 2.24. The molecule has 0 fully saturated rings. The summed E-state index contributed by atoms with van der Waals surface area (Å²) in [6, 6.07) is 7.71. The molecular formula is C16H18FN3O3. The molecule has 0 aliphatic heterocycles. The third kappa shape index (κ3) is 4.84. The van der Waals surface area contributed by atoms with Crippen LogP contribution in [0.1, 0.15) is 11.1 Å². The number of ether oxygens (including phenoxy) is 2. The van der Waals surface area contributed by atoms with Crippen molar-refractivity contribution in [2.75, 3.05) is 14.2 Å². The zero-order valence-electron chi connectivity index (χ0n) is 12.9. The van der Waals surface area contributed by atoms with E-state index >= 15 is 0 Å². The first kappa shape index (κ1) is 16.5. The fraction of sp³-hybridized carbons (Fsp3) is 0.250. The number of hydrogen-bond donors (Lipinski definition) is 2. The monoisotopic (exact) mass is 319 g/mol. The van der Waals surface area contributed by atoms with Crippen LogP contribution in [0.25, 0.3) is 0 Å². The van der Waals surface area contributed by atoms with Gasteiger partial charge in [-0.3, -0.25) is 0 Å². The number of nitrogens with zero attached hydrogens (tertiary/aromatic N) is 1. The minimum atomic E-state index is -0.462. The fourth-order valence-electron chi connectivity index (χ4n) is 1.88. The molecule has 23 heavy (non-hydrogen) atoms. The lowest BCUT2D eigenvalue weighted by atomic mass is 10.2. The SMILES string of the molecule is COc1ccc(CNC(=O)NCc2ccc(OC)c(F)c2)cn1. The van der Waals surface area contributed by atoms with Gasteiger partial charge in [0.15, 0.2) is 11.6 Å². The maximum atomic E-state index is 13.5. The van der Waals surface area contributed by atoms with Crippen molar-refractivity contribution in [1.82, 2.24) is 15.6 Å². The maximum Gasteiger partial charge on any atom is 0.315 e. The highest BCUT2D eigenvalue weighted by Crippen LogP contribution is 2.17. The van der Waals surface area contributed by atoms with Crippen LogP contribution in [0.3, 0.4) is 0 Å². The maximum absolute atomic E-state index is 13.5. The Labute approximate surface area is 133 Å². The summed E-state index contributed by atoms with van der Waals surface area (Å²) in [5.41, 5.74) is 1.49. The number of hydrogen-bond acceptors (Lipinski definition) is 4. The molecule has 0 aliphatic carbocycles. The molecule has 2 N–H and O–H groups in total. The minimum absolute atomic E-state index is 0.171. The molecule has 0 atom stereocenters. The molecule has 1 aromatic carbocycles. The number of benzene rings is 1. The molecule has 0 radical (unpaired) electrons. The van der Waals surface area contributed by atoms with Crippen LogP contribution >= 0.6 is 0 Å². The number of halogens is 1. The van der Waals surface area contributed by atoms with E-state index in [0.717, 1.165) is 5.56 Å². The van der Waals surface area contributed by atoms with Gasteiger partial charge in [-0.15, -0.1) is 0 Å². The fourth-order valence-corrected chi connectivity index (χ4v) is 1.88. The molecule has 1 aromatic heterocycles. The van der Waals surface area contributed by atoms with Gasteiger partial charge in [-0.05, 0) is 23.3 Å². The van der Waals surface area contributed by atoms with Crippen LogP contribution in [0, 0.1) is 5.82 Å². The quantitative estimate of drug-likeness (QED) is 0.856. The second-order valence-electron chi connectivity index (χ2n) is 4.71. The zero-order chi connectivity index (χ0) is 16.7. The number of amides is 2. The van der Waals surface area contributed by atoms with Gasteiger partial charge in [-0.2, -0.15) is 0 Å². The third-order valence-electron chi connectivity index (χ3n) is 3.13. The number of urea groups is 1. The highest BCUT2D eigenvalue weighted by Gasteiger charge is 2.05. The van der Waals surface area contributed by atoms with E-state index in [1.165, 1.54) is 26.4 Å². The summed E-state index contributed by atoms with van der Waals surface area (Å²) in [6.07, 6.45) is 1.62. The van der Waals surface area contributed by atoms with E-state index in [-0.39, 0.29) is 18.3 Å². The summed E-state index contributed by atoms with van der Waals surface area (Å²) >= 11 is 0. The van der Waals surface area contributed by atoms with Crippen LogP contribution < -0.4 is 20.1 Å². The van der Waals surface area contributed by atoms with E-state index in [9.17, 15) is 9.18 Å². The molecule has 0 saturated carbocycles. The number of methoxy groups -OCH3 is 2. The first-order chi connectivity index (χ1) is 11.1. The molecule has 0 spiro atoms. The molecule has 0 aliphatic rings. The summed E-state index contributed by atoms with van der Waals surface area (Å²) in [6.45, 7) is 0.549. The van der Waals surface area contributed by atoms with Crippen molar-refractivity contribution in [2.24, 2.45) is 0 Å². The number of nitrogens with one attached hydrogen (secondary N) is 2. The van der Waals surface area contributed by atoms with Gasteiger partial charge in [0.1, 0.15) is 0 Å². The van der Waals surface area contributed by atoms with Crippen molar-refractivity contribution < 1.29 is 18.7 Å². The third-order valence-corrected chi connectivity index (χ3v) is 3.13. The summed E-state index contributed by atoms with van der Waals surface area (Å²) in [7, 11) is 2.94. The Bertz CT molecular complexity index is 662. The van der Waals surface area contributed by atoms with Crippen molar-refractivity contribution >= 4 is 6.03 Å². The molecule has 2 amide bonds. The number of carbonyl (C=O) groups is 1. The van der Waals surface area contributed by atoms with Crippen LogP contribution in [-0.2, 0) is 13.1 Å². The van der Waals surface area contributed by atoms with Crippen molar-refractivity contribution in [2.45, 2.75) is 13.1 Å². The van der Waals surface area contributed by atoms with Crippen molar-refractivity contribution in [1.29, 1.82) is 0 Å². The lowest BCUT2D eigenvalue weighted by Crippen LogP contribution is -2.34. The van der Waals surface area contributed by atoms with Gasteiger partial charge in [0, 0.05) is 25.4 Å². The Morgan fingerprint density at radius 1 is 1.09 bits per heavy atom. The number of rotatable bonds is 6. The summed E-state index contributed by atoms with van der Waals surface area (Å²) in [4.78, 5) is 15.8. The van der Waals surface area contributed by atoms with E-state index < -0.39 is 5.82 Å². The highest BCUT2D eigenvalue weighted by atomic mass is 19.1. The van der Waals surface area contributed by atoms with E-state index in [4.69, 9.17) is 9.47 Å². The standard InChI is InChI=1S/C16H18FN3O3/c1-22-14-5-3-11(7-13(14)17)8-19-16(21)20-10-12-4-6-15(23-2)18-9-12/h3-7,9H,8,10H2,1-2H3,(H2,19,20,21). The van der Waals surface area contributed by atoms with E-state index in [2.05, 4.69) is 15.6 Å². The summed E-state index contributed by atoms with van der Waals surface area (Å²) in [5.74, 6) is 0.224. The van der Waals surface area contributed by atoms with Crippen molar-refractivity contribution in [3.63, 3.8) is 0 Å². The topological polar surface area (TPSA) is 72.5 Å². The summed E-state index contributed by atoms with van der Waals surface area (Å²) in [5, 5.41) is 5.35. The Morgan fingerprint density at radius 2 is 1.78 bits per heavy atom. The van der Waals surface area contributed by atoms with Gasteiger partial charge in [0.25, 0.3) is 0 Å². The van der Waals surface area contributed by atoms with Gasteiger partial charge in [-0.1, -0.05) is 12.1 Å². The molecule has 2 rings (SSSR count). The minimum Gasteiger partial charge on any atom is -0.494 e. The summed E-state index contributed by atoms with van der Waals surface area (Å²) < 4.78 is 23.3. The van der Waals surface area contributed by atoms with Gasteiger partial charge in [0.05, 0.1) is 14.2 Å². The van der Waals surface area contributed by atoms with Crippen LogP contribution in [0.4, 0.5) is 9.18 Å². The molecular weight excluding hydrogens is 301 g/mol. The molecule has 7 heteroatoms. The largest absolute Gasteiger partial charge is 0.494 e. The highest BCUT2D eigenvalue weighted by molar-refractivity contribution is 5.73. The molecule has 122 valence electrons. The Morgan fingerprint density at radius 3 is 2.35 bits per heavy atom. The second kappa shape index (κ2) is 7.98. The van der Waals surface area contributed by atoms with Crippen LogP contribution in [0.5, 0.6) is 11.6 Å². The molecule has 0 unspecified atom stereocenters. The smallest absolute Gasteiger partial charge is 0.315 e. The molecule has 1 heterocycles. The normalized spacial score (nSPS) is 10.0. The number of carbonyl (C=O) groups excluding carboxylic acids is 1. The van der Waals surface area contributed by atoms with Crippen LogP contribution in [0.2, 0.25) is 0 Å². The zero-order valence-corrected chi connectivity index (χ0v) is 12.9. The predicted molar refractivity (Wildman–Crippen MR) is 82.8 cm³/mol. The van der Waals surface area contributed by atoms with Crippen LogP contribution in [0.15, 0.2) is 36.5 Å². The molecule has 2 aromatic rings. The average Bonchev–Trinajstić information content (AvgIpc) is 2.58. The van der Waals surface area contributed by atoms with E-state index in [1.54, 1.807) is 18.3 Å². The number of pyridine rings is 1. The lowest BCUT2D eigenvalue weighted by molar-refractivity contribution is 0.240. The Kier molecular flexibility index (Phi) is 5.74. The first-order valence-electron chi connectivity index (χ1n) is 6.95. The van der Waals surface area contributed by atoms with Crippen molar-refractivity contribution in [3.8, 4) is 11.6 Å². The van der Waals surface area contributed by atoms with Gasteiger partial charge >= 0.3 is 6.03 Å². The second-order valence-corrected chi connectivity index (χ2v) is 4.71. The Hall–Kier alpha value is -2.83. The molecule has 0 saturated heterocycles. The average molecular weight is 319 g/mol. The first-order valence-corrected chi connectivity index (χ1v) is 6.95. The van der Waals surface area contributed by atoms with Gasteiger partial charge < -0.3 is 20.1 Å². The molecule has 0 bridgehead atoms. The van der Waals surface area contributed by atoms with E-state index in [1.807, 2.05) is 6.07 Å². The van der Waals surface area contributed by atoms with Gasteiger partial charge in [-0.25, -0.2) is 14.2 Å². The molecule has 6 nitrogen and oxygen atoms in total. The lowest BCUT2D eigenvalue weighted by Gasteiger charge is -2.09. The number of aromatic nitrogens is 1. The van der Waals surface area contributed by atoms with Gasteiger partial charge in [0.2, 0.25) is 5.88 Å². The van der Waals surface area contributed by atoms with Crippen molar-refractivity contribution in [3.05, 3.63) is 53.5 Å². The van der Waals surface area contributed by atoms with Crippen LogP contribution in [-0.4, -0.2) is 25.2 Å². The Balaban J connectivity index is 1.79.